The number of dihydropyridines is 1. The minimum atomic E-state index is -0.629. The molecule has 1 aromatic rings. The molecule has 0 spiro atoms. The van der Waals surface area contributed by atoms with Crippen LogP contribution in [-0.2, 0) is 11.2 Å². The lowest BCUT2D eigenvalue weighted by Crippen LogP contribution is -2.43. The molecule has 2 amide bonds. The van der Waals surface area contributed by atoms with Crippen LogP contribution in [0, 0.1) is 5.92 Å². The normalized spacial score (nSPS) is 21.8. The fourth-order valence-corrected chi connectivity index (χ4v) is 4.50. The van der Waals surface area contributed by atoms with Gasteiger partial charge in [-0.1, -0.05) is 35.7 Å². The Kier molecular flexibility index (Phi) is 5.99. The summed E-state index contributed by atoms with van der Waals surface area (Å²) < 4.78 is 0. The first kappa shape index (κ1) is 21.0. The first-order valence-corrected chi connectivity index (χ1v) is 10.1. The van der Waals surface area contributed by atoms with Crippen LogP contribution >= 0.6 is 23.2 Å². The highest BCUT2D eigenvalue weighted by Gasteiger charge is 2.34. The van der Waals surface area contributed by atoms with E-state index in [4.69, 9.17) is 23.2 Å². The van der Waals surface area contributed by atoms with Crippen molar-refractivity contribution in [1.29, 1.82) is 0 Å². The minimum absolute atomic E-state index is 0.225. The Labute approximate surface area is 175 Å². The van der Waals surface area contributed by atoms with Gasteiger partial charge in [0.1, 0.15) is 0 Å². The lowest BCUT2D eigenvalue weighted by molar-refractivity contribution is -0.120. The molecule has 5 nitrogen and oxygen atoms in total. The zero-order valence-corrected chi connectivity index (χ0v) is 17.9. The third kappa shape index (κ3) is 3.76. The fraction of sp³-hybridized carbons (Fsp3) is 0.476. The summed E-state index contributed by atoms with van der Waals surface area (Å²) in [4.78, 5) is 31.3. The smallest absolute Gasteiger partial charge is 0.255 e. The molecule has 150 valence electrons. The number of aliphatic hydroxyl groups is 1. The van der Waals surface area contributed by atoms with Crippen LogP contribution in [0.15, 0.2) is 22.7 Å². The summed E-state index contributed by atoms with van der Waals surface area (Å²) in [5, 5.41) is 10.8. The van der Waals surface area contributed by atoms with Gasteiger partial charge < -0.3 is 10.0 Å². The summed E-state index contributed by atoms with van der Waals surface area (Å²) in [5.74, 6) is -1.17. The minimum Gasteiger partial charge on any atom is -0.393 e. The Morgan fingerprint density at radius 1 is 1.29 bits per heavy atom. The number of hydrogen-bond acceptors (Lipinski definition) is 3. The van der Waals surface area contributed by atoms with E-state index in [9.17, 15) is 14.7 Å². The number of halogens is 2. The average molecular weight is 423 g/mol. The second-order valence-electron chi connectivity index (χ2n) is 7.68. The second-order valence-corrected chi connectivity index (χ2v) is 8.46. The van der Waals surface area contributed by atoms with Gasteiger partial charge in [-0.05, 0) is 50.5 Å². The highest BCUT2D eigenvalue weighted by molar-refractivity contribution is 6.37. The van der Waals surface area contributed by atoms with Gasteiger partial charge in [0.15, 0.2) is 0 Å². The summed E-state index contributed by atoms with van der Waals surface area (Å²) in [7, 11) is 0. The maximum atomic E-state index is 13.2. The molecule has 3 atom stereocenters. The van der Waals surface area contributed by atoms with E-state index in [0.717, 1.165) is 11.1 Å². The van der Waals surface area contributed by atoms with Crippen molar-refractivity contribution < 1.29 is 14.7 Å². The number of fused-ring (bicyclic) bond motifs is 1. The molecule has 0 bridgehead atoms. The highest BCUT2D eigenvalue weighted by atomic mass is 35.5. The van der Waals surface area contributed by atoms with Gasteiger partial charge in [0.05, 0.1) is 22.6 Å². The van der Waals surface area contributed by atoms with Crippen molar-refractivity contribution in [3.63, 3.8) is 0 Å². The van der Waals surface area contributed by atoms with Gasteiger partial charge in [-0.15, -0.1) is 0 Å². The maximum Gasteiger partial charge on any atom is 0.255 e. The Bertz CT molecular complexity index is 905. The monoisotopic (exact) mass is 422 g/mol. The van der Waals surface area contributed by atoms with Gasteiger partial charge in [0.2, 0.25) is 0 Å². The van der Waals surface area contributed by atoms with Gasteiger partial charge in [0, 0.05) is 29.7 Å². The van der Waals surface area contributed by atoms with E-state index < -0.39 is 12.0 Å². The van der Waals surface area contributed by atoms with Crippen LogP contribution < -0.4 is 0 Å². The number of carbonyl (C=O) groups excluding carboxylic acids is 2. The number of amides is 2. The molecule has 0 radical (unpaired) electrons. The van der Waals surface area contributed by atoms with Crippen molar-refractivity contribution in [1.82, 2.24) is 4.90 Å². The lowest BCUT2D eigenvalue weighted by Gasteiger charge is -2.33. The Hall–Kier alpha value is -1.69. The van der Waals surface area contributed by atoms with Crippen molar-refractivity contribution in [2.45, 2.75) is 46.1 Å². The van der Waals surface area contributed by atoms with Crippen molar-refractivity contribution in [3.8, 4) is 0 Å². The van der Waals surface area contributed by atoms with E-state index >= 15 is 0 Å². The molecule has 3 rings (SSSR count). The zero-order chi connectivity index (χ0) is 20.7. The molecule has 1 N–H and O–H groups in total. The predicted octanol–water partition coefficient (Wildman–Crippen LogP) is 4.04. The third-order valence-corrected chi connectivity index (χ3v) is 6.41. The number of benzene rings is 1. The van der Waals surface area contributed by atoms with Crippen LogP contribution in [0.4, 0.5) is 0 Å². The number of aliphatic hydroxyl groups excluding tert-OH is 1. The molecule has 0 saturated carbocycles. The number of carbonyl (C=O) groups is 2. The Balaban J connectivity index is 1.94. The van der Waals surface area contributed by atoms with Gasteiger partial charge in [-0.25, -0.2) is 4.99 Å². The molecule has 0 aliphatic carbocycles. The number of hydrogen-bond donors (Lipinski definition) is 1. The summed E-state index contributed by atoms with van der Waals surface area (Å²) in [6, 6.07) is 1.75. The molecular formula is C21H24Cl2N2O3. The topological polar surface area (TPSA) is 70.0 Å². The van der Waals surface area contributed by atoms with Crippen molar-refractivity contribution in [2.75, 3.05) is 13.1 Å². The molecule has 1 aromatic carbocycles. The quantitative estimate of drug-likeness (QED) is 0.795. The van der Waals surface area contributed by atoms with E-state index in [1.807, 2.05) is 19.9 Å². The van der Waals surface area contributed by atoms with Gasteiger partial charge in [-0.2, -0.15) is 0 Å². The van der Waals surface area contributed by atoms with Crippen LogP contribution in [-0.4, -0.2) is 46.7 Å². The maximum absolute atomic E-state index is 13.2. The Morgan fingerprint density at radius 2 is 1.96 bits per heavy atom. The van der Waals surface area contributed by atoms with E-state index in [1.54, 1.807) is 24.8 Å². The van der Waals surface area contributed by atoms with Crippen molar-refractivity contribution >= 4 is 40.7 Å². The third-order valence-electron chi connectivity index (χ3n) is 5.67. The number of rotatable bonds is 4. The molecule has 3 unspecified atom stereocenters. The van der Waals surface area contributed by atoms with E-state index in [0.29, 0.717) is 39.8 Å². The molecule has 2 aliphatic rings. The van der Waals surface area contributed by atoms with Crippen molar-refractivity contribution in [2.24, 2.45) is 10.9 Å². The highest BCUT2D eigenvalue weighted by Crippen LogP contribution is 2.39. The predicted molar refractivity (Wildman–Crippen MR) is 112 cm³/mol. The van der Waals surface area contributed by atoms with Crippen LogP contribution in [0.5, 0.6) is 0 Å². The van der Waals surface area contributed by atoms with Crippen LogP contribution in [0.1, 0.15) is 55.1 Å². The van der Waals surface area contributed by atoms with Crippen LogP contribution in [0.2, 0.25) is 10.0 Å². The van der Waals surface area contributed by atoms with Crippen LogP contribution in [0.3, 0.4) is 0 Å². The molecule has 0 saturated heterocycles. The summed E-state index contributed by atoms with van der Waals surface area (Å²) in [6.07, 6.45) is 1.81. The van der Waals surface area contributed by atoms with Gasteiger partial charge in [-0.3, -0.25) is 9.59 Å². The second kappa shape index (κ2) is 7.97. The molecule has 2 aliphatic heterocycles. The summed E-state index contributed by atoms with van der Waals surface area (Å²) in [6.45, 7) is 7.92. The van der Waals surface area contributed by atoms with E-state index in [1.165, 1.54) is 0 Å². The standard InChI is InChI=1S/C21H24Cl2N2O3/c1-10-7-11(2)24-20(27)16(10)9-25-6-5-14-17(22)8-15(12(3)13(4)26)19(23)18(14)21(25)28/h7-8,12-13,16,26H,5-6,9H2,1-4H3. The van der Waals surface area contributed by atoms with Gasteiger partial charge >= 0.3 is 0 Å². The number of aliphatic imine (C=N–C) groups is 1. The summed E-state index contributed by atoms with van der Waals surface area (Å²) >= 11 is 13.0. The zero-order valence-electron chi connectivity index (χ0n) is 16.4. The Morgan fingerprint density at radius 3 is 2.57 bits per heavy atom. The molecule has 28 heavy (non-hydrogen) atoms. The molecule has 0 aromatic heterocycles. The first-order chi connectivity index (χ1) is 13.1. The van der Waals surface area contributed by atoms with Crippen molar-refractivity contribution in [3.05, 3.63) is 44.5 Å². The van der Waals surface area contributed by atoms with Gasteiger partial charge in [0.25, 0.3) is 11.8 Å². The average Bonchev–Trinajstić information content (AvgIpc) is 2.61. The number of allylic oxidation sites excluding steroid dienone is 1. The molecular weight excluding hydrogens is 399 g/mol. The lowest BCUT2D eigenvalue weighted by atomic mass is 9.88. The van der Waals surface area contributed by atoms with E-state index in [2.05, 4.69) is 4.99 Å². The SMILES string of the molecule is CC1=CC(C)=NC(=O)C1CN1CCc2c(Cl)cc(C(C)C(C)O)c(Cl)c2C1=O. The molecule has 0 fully saturated rings. The fourth-order valence-electron chi connectivity index (χ4n) is 3.77. The van der Waals surface area contributed by atoms with Crippen LogP contribution in [0.25, 0.3) is 0 Å². The summed E-state index contributed by atoms with van der Waals surface area (Å²) in [5.41, 5.74) is 3.34. The largest absolute Gasteiger partial charge is 0.393 e. The number of nitrogens with zero attached hydrogens (tertiary/aromatic N) is 2. The van der Waals surface area contributed by atoms with E-state index in [-0.39, 0.29) is 24.3 Å². The first-order valence-electron chi connectivity index (χ1n) is 9.37. The molecule has 2 heterocycles. The molecule has 7 heteroatoms.